The van der Waals surface area contributed by atoms with Crippen molar-refractivity contribution in [3.05, 3.63) is 17.7 Å². The van der Waals surface area contributed by atoms with E-state index in [-0.39, 0.29) is 0 Å². The Hall–Kier alpha value is -1.50. The lowest BCUT2D eigenvalue weighted by Gasteiger charge is -2.37. The van der Waals surface area contributed by atoms with Crippen LogP contribution in [0.5, 0.6) is 17.2 Å². The maximum absolute atomic E-state index is 5.60. The van der Waals surface area contributed by atoms with Crippen LogP contribution >= 0.6 is 0 Å². The molecule has 26 heavy (non-hydrogen) atoms. The van der Waals surface area contributed by atoms with Gasteiger partial charge in [-0.1, -0.05) is 0 Å². The summed E-state index contributed by atoms with van der Waals surface area (Å²) in [5.74, 6) is 2.40. The van der Waals surface area contributed by atoms with E-state index in [4.69, 9.17) is 14.2 Å². The van der Waals surface area contributed by atoms with Crippen LogP contribution in [0.2, 0.25) is 0 Å². The molecule has 0 radical (unpaired) electrons. The summed E-state index contributed by atoms with van der Waals surface area (Å²) in [5, 5.41) is 0. The largest absolute Gasteiger partial charge is 0.496 e. The smallest absolute Gasteiger partial charge is 0.164 e. The third-order valence-electron chi connectivity index (χ3n) is 6.24. The number of ether oxygens (including phenoxy) is 3. The van der Waals surface area contributed by atoms with Gasteiger partial charge >= 0.3 is 0 Å². The fraction of sp³-hybridized carbons (Fsp3) is 0.700. The van der Waals surface area contributed by atoms with Gasteiger partial charge in [-0.05, 0) is 6.07 Å². The Balaban J connectivity index is 1.59. The van der Waals surface area contributed by atoms with E-state index in [1.54, 1.807) is 31.1 Å². The monoisotopic (exact) mass is 366 g/mol. The van der Waals surface area contributed by atoms with E-state index in [1.165, 1.54) is 57.7 Å². The second-order valence-electron chi connectivity index (χ2n) is 7.84. The lowest BCUT2D eigenvalue weighted by molar-refractivity contribution is -1.02. The quantitative estimate of drug-likeness (QED) is 0.529. The molecule has 146 valence electrons. The SMILES string of the molecule is COc1cc(OC)c(OC)cc1C[NH+]1CCC([NH+]2CC[NH+](C)CC2)CC1. The summed E-state index contributed by atoms with van der Waals surface area (Å²) in [6.45, 7) is 8.81. The van der Waals surface area contributed by atoms with Crippen LogP contribution in [0.3, 0.4) is 0 Å². The molecule has 2 aliphatic heterocycles. The van der Waals surface area contributed by atoms with Gasteiger partial charge in [-0.2, -0.15) is 0 Å². The Morgan fingerprint density at radius 1 is 0.808 bits per heavy atom. The van der Waals surface area contributed by atoms with Gasteiger partial charge < -0.3 is 28.9 Å². The Morgan fingerprint density at radius 3 is 1.96 bits per heavy atom. The Kier molecular flexibility index (Phi) is 6.62. The Morgan fingerprint density at radius 2 is 1.38 bits per heavy atom. The molecule has 0 amide bonds. The molecule has 2 fully saturated rings. The van der Waals surface area contributed by atoms with E-state index in [9.17, 15) is 0 Å². The van der Waals surface area contributed by atoms with Crippen molar-refractivity contribution in [2.24, 2.45) is 0 Å². The lowest BCUT2D eigenvalue weighted by atomic mass is 10.0. The van der Waals surface area contributed by atoms with Crippen LogP contribution < -0.4 is 28.9 Å². The molecule has 6 heteroatoms. The predicted molar refractivity (Wildman–Crippen MR) is 101 cm³/mol. The third-order valence-corrected chi connectivity index (χ3v) is 6.24. The van der Waals surface area contributed by atoms with E-state index in [1.807, 2.05) is 11.0 Å². The highest BCUT2D eigenvalue weighted by molar-refractivity contribution is 5.50. The highest BCUT2D eigenvalue weighted by atomic mass is 16.5. The molecule has 0 saturated carbocycles. The number of quaternary nitrogens is 3. The number of hydrogen-bond donors (Lipinski definition) is 3. The van der Waals surface area contributed by atoms with Crippen LogP contribution in [0.15, 0.2) is 12.1 Å². The topological polar surface area (TPSA) is 41.0 Å². The van der Waals surface area contributed by atoms with Crippen molar-refractivity contribution >= 4 is 0 Å². The minimum absolute atomic E-state index is 0.725. The van der Waals surface area contributed by atoms with Crippen LogP contribution in [-0.2, 0) is 6.54 Å². The molecule has 0 aliphatic carbocycles. The molecule has 2 heterocycles. The summed E-state index contributed by atoms with van der Waals surface area (Å²) in [6.07, 6.45) is 2.67. The zero-order valence-electron chi connectivity index (χ0n) is 16.8. The fourth-order valence-corrected chi connectivity index (χ4v) is 4.52. The molecule has 2 aliphatic rings. The molecule has 3 N–H and O–H groups in total. The van der Waals surface area contributed by atoms with Crippen molar-refractivity contribution in [3.63, 3.8) is 0 Å². The first kappa shape index (κ1) is 19.3. The average molecular weight is 367 g/mol. The van der Waals surface area contributed by atoms with Gasteiger partial charge in [-0.15, -0.1) is 0 Å². The zero-order chi connectivity index (χ0) is 18.5. The second kappa shape index (κ2) is 8.93. The van der Waals surface area contributed by atoms with E-state index in [0.29, 0.717) is 0 Å². The number of nitrogens with one attached hydrogen (secondary N) is 3. The second-order valence-corrected chi connectivity index (χ2v) is 7.84. The van der Waals surface area contributed by atoms with Gasteiger partial charge in [-0.25, -0.2) is 0 Å². The number of methoxy groups -OCH3 is 3. The summed E-state index contributed by atoms with van der Waals surface area (Å²) < 4.78 is 16.5. The normalized spacial score (nSPS) is 29.2. The van der Waals surface area contributed by atoms with E-state index in [0.717, 1.165) is 29.8 Å². The standard InChI is InChI=1S/C20H33N3O3/c1-21-9-11-23(12-10-21)17-5-7-22(8-6-17)15-16-13-19(25-3)20(26-4)14-18(16)24-2/h13-14,17H,5-12,15H2,1-4H3/p+3. The van der Waals surface area contributed by atoms with Crippen LogP contribution in [0.4, 0.5) is 0 Å². The van der Waals surface area contributed by atoms with Gasteiger partial charge in [0.1, 0.15) is 38.5 Å². The molecule has 0 unspecified atom stereocenters. The van der Waals surface area contributed by atoms with Crippen molar-refractivity contribution in [1.29, 1.82) is 0 Å². The molecule has 3 rings (SSSR count). The Labute approximate surface area is 157 Å². The molecule has 0 spiro atoms. The van der Waals surface area contributed by atoms with Crippen molar-refractivity contribution in [2.45, 2.75) is 25.4 Å². The first-order valence-electron chi connectivity index (χ1n) is 9.93. The van der Waals surface area contributed by atoms with Gasteiger partial charge in [0.05, 0.1) is 53.1 Å². The first-order valence-corrected chi connectivity index (χ1v) is 9.93. The first-order chi connectivity index (χ1) is 12.6. The molecule has 0 aromatic heterocycles. The van der Waals surface area contributed by atoms with Gasteiger partial charge in [0.25, 0.3) is 0 Å². The fourth-order valence-electron chi connectivity index (χ4n) is 4.52. The summed E-state index contributed by atoms with van der Waals surface area (Å²) in [4.78, 5) is 5.18. The van der Waals surface area contributed by atoms with Crippen LogP contribution in [0.1, 0.15) is 18.4 Å². The lowest BCUT2D eigenvalue weighted by Crippen LogP contribution is -3.29. The molecule has 2 saturated heterocycles. The summed E-state index contributed by atoms with van der Waals surface area (Å²) >= 11 is 0. The van der Waals surface area contributed by atoms with Crippen molar-refractivity contribution in [1.82, 2.24) is 0 Å². The number of piperidine rings is 1. The maximum Gasteiger partial charge on any atom is 0.164 e. The molecule has 6 nitrogen and oxygen atoms in total. The molecule has 1 aromatic carbocycles. The molecular formula is C20H36N3O3+3. The van der Waals surface area contributed by atoms with Crippen LogP contribution in [0, 0.1) is 0 Å². The number of likely N-dealkylation sites (tertiary alicyclic amines) is 1. The maximum atomic E-state index is 5.60. The number of piperazine rings is 1. The highest BCUT2D eigenvalue weighted by Crippen LogP contribution is 2.34. The van der Waals surface area contributed by atoms with Gasteiger partial charge in [0, 0.05) is 18.9 Å². The number of rotatable bonds is 6. The van der Waals surface area contributed by atoms with E-state index in [2.05, 4.69) is 13.1 Å². The van der Waals surface area contributed by atoms with Crippen molar-refractivity contribution in [3.8, 4) is 17.2 Å². The zero-order valence-corrected chi connectivity index (χ0v) is 16.8. The molecule has 1 aromatic rings. The molecule has 0 atom stereocenters. The third kappa shape index (κ3) is 4.42. The highest BCUT2D eigenvalue weighted by Gasteiger charge is 2.33. The van der Waals surface area contributed by atoms with Crippen LogP contribution in [-0.4, -0.2) is 73.7 Å². The molecule has 0 bridgehead atoms. The van der Waals surface area contributed by atoms with Gasteiger partial charge in [-0.3, -0.25) is 0 Å². The van der Waals surface area contributed by atoms with E-state index < -0.39 is 0 Å². The van der Waals surface area contributed by atoms with Crippen molar-refractivity contribution < 1.29 is 28.9 Å². The summed E-state index contributed by atoms with van der Waals surface area (Å²) in [7, 11) is 7.40. The van der Waals surface area contributed by atoms with Gasteiger partial charge in [0.2, 0.25) is 0 Å². The minimum Gasteiger partial charge on any atom is -0.496 e. The number of benzene rings is 1. The van der Waals surface area contributed by atoms with Gasteiger partial charge in [0.15, 0.2) is 11.5 Å². The predicted octanol–water partition coefficient (Wildman–Crippen LogP) is -2.33. The Bertz CT molecular complexity index is 580. The summed E-state index contributed by atoms with van der Waals surface area (Å²) in [6, 6.07) is 4.88. The van der Waals surface area contributed by atoms with Crippen LogP contribution in [0.25, 0.3) is 0 Å². The van der Waals surface area contributed by atoms with E-state index >= 15 is 0 Å². The minimum atomic E-state index is 0.725. The average Bonchev–Trinajstić information content (AvgIpc) is 2.69. The number of hydrogen-bond acceptors (Lipinski definition) is 3. The number of likely N-dealkylation sites (N-methyl/N-ethyl adjacent to an activating group) is 1. The summed E-state index contributed by atoms with van der Waals surface area (Å²) in [5.41, 5.74) is 1.20. The molecular weight excluding hydrogens is 330 g/mol. The van der Waals surface area contributed by atoms with Crippen molar-refractivity contribution in [2.75, 3.05) is 67.6 Å².